The van der Waals surface area contributed by atoms with Gasteiger partial charge in [0.2, 0.25) is 5.43 Å². The molecule has 0 amide bonds. The summed E-state index contributed by atoms with van der Waals surface area (Å²) < 4.78 is 8.31. The van der Waals surface area contributed by atoms with Gasteiger partial charge in [0.25, 0.3) is 5.56 Å². The largest absolute Gasteiger partial charge is 0.503 e. The molecule has 0 spiro atoms. The lowest BCUT2D eigenvalue weighted by atomic mass is 10.3. The number of pyridine rings is 1. The molecule has 1 aromatic carbocycles. The van der Waals surface area contributed by atoms with E-state index in [1.54, 1.807) is 36.7 Å². The van der Waals surface area contributed by atoms with Gasteiger partial charge in [-0.2, -0.15) is 0 Å². The van der Waals surface area contributed by atoms with Crippen LogP contribution in [-0.2, 0) is 6.54 Å². The standard InChI is InChI=1S/C16H13ClN2O4.ClH/c17-11-3-1-2-4-13(11)23-10-9-19-8-7-18-6-5-12(20)15(21)14(18)16(19)22;/h1-8,21H,9-10H2;1H. The van der Waals surface area contributed by atoms with E-state index in [1.165, 1.54) is 21.2 Å². The van der Waals surface area contributed by atoms with Crippen LogP contribution >= 0.6 is 24.0 Å². The molecule has 0 atom stereocenters. The molecule has 0 unspecified atom stereocenters. The van der Waals surface area contributed by atoms with Crippen molar-refractivity contribution < 1.29 is 9.84 Å². The molecule has 0 saturated carbocycles. The van der Waals surface area contributed by atoms with Crippen molar-refractivity contribution in [3.8, 4) is 11.5 Å². The van der Waals surface area contributed by atoms with Gasteiger partial charge in [-0.15, -0.1) is 12.4 Å². The van der Waals surface area contributed by atoms with Crippen molar-refractivity contribution in [1.29, 1.82) is 0 Å². The zero-order valence-electron chi connectivity index (χ0n) is 12.4. The summed E-state index contributed by atoms with van der Waals surface area (Å²) in [6.07, 6.45) is 4.59. The second kappa shape index (κ2) is 7.42. The first-order chi connectivity index (χ1) is 11.1. The molecule has 3 aromatic rings. The molecule has 8 heteroatoms. The van der Waals surface area contributed by atoms with Crippen molar-refractivity contribution >= 4 is 29.5 Å². The first-order valence-corrected chi connectivity index (χ1v) is 7.26. The summed E-state index contributed by atoms with van der Waals surface area (Å²) in [7, 11) is 0. The smallest absolute Gasteiger partial charge is 0.278 e. The van der Waals surface area contributed by atoms with Crippen LogP contribution in [-0.4, -0.2) is 20.7 Å². The van der Waals surface area contributed by atoms with Crippen LogP contribution in [0.4, 0.5) is 0 Å². The summed E-state index contributed by atoms with van der Waals surface area (Å²) in [6, 6.07) is 8.24. The third-order valence-corrected chi connectivity index (χ3v) is 3.71. The van der Waals surface area contributed by atoms with Crippen molar-refractivity contribution in [2.75, 3.05) is 6.61 Å². The van der Waals surface area contributed by atoms with Gasteiger partial charge < -0.3 is 18.8 Å². The maximum absolute atomic E-state index is 12.4. The van der Waals surface area contributed by atoms with Gasteiger partial charge >= 0.3 is 0 Å². The van der Waals surface area contributed by atoms with Crippen LogP contribution in [0.2, 0.25) is 5.02 Å². The minimum absolute atomic E-state index is 0. The van der Waals surface area contributed by atoms with Gasteiger partial charge in [-0.25, -0.2) is 0 Å². The fourth-order valence-electron chi connectivity index (χ4n) is 2.22. The number of nitrogens with zero attached hydrogens (tertiary/aromatic N) is 2. The Morgan fingerprint density at radius 1 is 1.08 bits per heavy atom. The van der Waals surface area contributed by atoms with E-state index in [0.717, 1.165) is 0 Å². The van der Waals surface area contributed by atoms with Gasteiger partial charge in [0.05, 0.1) is 11.6 Å². The molecule has 0 saturated heterocycles. The number of hydrogen-bond donors (Lipinski definition) is 1. The van der Waals surface area contributed by atoms with E-state index in [0.29, 0.717) is 10.8 Å². The number of fused-ring (bicyclic) bond motifs is 1. The predicted octanol–water partition coefficient (Wildman–Crippen LogP) is 2.32. The van der Waals surface area contributed by atoms with Gasteiger partial charge in [0, 0.05) is 24.7 Å². The van der Waals surface area contributed by atoms with Crippen LogP contribution in [0.5, 0.6) is 11.5 Å². The molecular formula is C16H14Cl2N2O4. The Labute approximate surface area is 147 Å². The first-order valence-electron chi connectivity index (χ1n) is 6.88. The lowest BCUT2D eigenvalue weighted by Gasteiger charge is -2.11. The normalized spacial score (nSPS) is 10.4. The molecule has 2 aromatic heterocycles. The van der Waals surface area contributed by atoms with E-state index in [1.807, 2.05) is 0 Å². The highest BCUT2D eigenvalue weighted by molar-refractivity contribution is 6.32. The van der Waals surface area contributed by atoms with Gasteiger partial charge in [-0.3, -0.25) is 9.59 Å². The third-order valence-electron chi connectivity index (χ3n) is 3.40. The van der Waals surface area contributed by atoms with Gasteiger partial charge in [-0.05, 0) is 12.1 Å². The minimum Gasteiger partial charge on any atom is -0.503 e. The Kier molecular flexibility index (Phi) is 5.54. The average molecular weight is 369 g/mol. The molecule has 24 heavy (non-hydrogen) atoms. The number of aromatic hydroxyl groups is 1. The monoisotopic (exact) mass is 368 g/mol. The Hall–Kier alpha value is -2.44. The fourth-order valence-corrected chi connectivity index (χ4v) is 2.41. The molecule has 0 radical (unpaired) electrons. The summed E-state index contributed by atoms with van der Waals surface area (Å²) in [4.78, 5) is 23.9. The van der Waals surface area contributed by atoms with E-state index in [4.69, 9.17) is 16.3 Å². The van der Waals surface area contributed by atoms with Crippen LogP contribution in [0, 0.1) is 0 Å². The number of benzene rings is 1. The Morgan fingerprint density at radius 3 is 2.58 bits per heavy atom. The molecule has 2 heterocycles. The van der Waals surface area contributed by atoms with Gasteiger partial charge in [0.15, 0.2) is 11.3 Å². The molecule has 0 aliphatic rings. The van der Waals surface area contributed by atoms with Gasteiger partial charge in [-0.1, -0.05) is 23.7 Å². The summed E-state index contributed by atoms with van der Waals surface area (Å²) in [5.74, 6) is -0.0269. The molecule has 3 rings (SSSR count). The number of para-hydroxylation sites is 1. The van der Waals surface area contributed by atoms with Gasteiger partial charge in [0.1, 0.15) is 12.4 Å². The van der Waals surface area contributed by atoms with Crippen LogP contribution in [0.25, 0.3) is 5.52 Å². The molecular weight excluding hydrogens is 355 g/mol. The van der Waals surface area contributed by atoms with E-state index in [2.05, 4.69) is 0 Å². The molecule has 0 aliphatic heterocycles. The number of rotatable bonds is 4. The fraction of sp³-hybridized carbons (Fsp3) is 0.125. The number of ether oxygens (including phenoxy) is 1. The Bertz CT molecular complexity index is 982. The average Bonchev–Trinajstić information content (AvgIpc) is 2.54. The Morgan fingerprint density at radius 2 is 1.83 bits per heavy atom. The zero-order valence-corrected chi connectivity index (χ0v) is 14.0. The van der Waals surface area contributed by atoms with E-state index in [9.17, 15) is 14.7 Å². The van der Waals surface area contributed by atoms with E-state index >= 15 is 0 Å². The second-order valence-corrected chi connectivity index (χ2v) is 5.27. The second-order valence-electron chi connectivity index (χ2n) is 4.86. The molecule has 0 bridgehead atoms. The highest BCUT2D eigenvalue weighted by Gasteiger charge is 2.10. The van der Waals surface area contributed by atoms with Crippen LogP contribution in [0.15, 0.2) is 58.5 Å². The summed E-state index contributed by atoms with van der Waals surface area (Å²) in [5, 5.41) is 10.3. The molecule has 126 valence electrons. The molecule has 0 fully saturated rings. The summed E-state index contributed by atoms with van der Waals surface area (Å²) >= 11 is 5.99. The van der Waals surface area contributed by atoms with Crippen molar-refractivity contribution in [3.63, 3.8) is 0 Å². The van der Waals surface area contributed by atoms with Crippen molar-refractivity contribution in [3.05, 3.63) is 74.5 Å². The molecule has 0 aliphatic carbocycles. The third kappa shape index (κ3) is 3.39. The van der Waals surface area contributed by atoms with Crippen LogP contribution < -0.4 is 15.7 Å². The maximum atomic E-state index is 12.4. The highest BCUT2D eigenvalue weighted by Crippen LogP contribution is 2.22. The van der Waals surface area contributed by atoms with Crippen LogP contribution in [0.3, 0.4) is 0 Å². The molecule has 6 nitrogen and oxygen atoms in total. The SMILES string of the molecule is Cl.O=c1ccn2ccn(CCOc3ccccc3Cl)c(=O)c2c1O. The lowest BCUT2D eigenvalue weighted by molar-refractivity contribution is 0.296. The predicted molar refractivity (Wildman–Crippen MR) is 93.8 cm³/mol. The van der Waals surface area contributed by atoms with Crippen molar-refractivity contribution in [1.82, 2.24) is 8.97 Å². The summed E-state index contributed by atoms with van der Waals surface area (Å²) in [6.45, 7) is 0.473. The van der Waals surface area contributed by atoms with Crippen molar-refractivity contribution in [2.45, 2.75) is 6.54 Å². The van der Waals surface area contributed by atoms with Crippen LogP contribution in [0.1, 0.15) is 0 Å². The number of aromatic nitrogens is 2. The van der Waals surface area contributed by atoms with E-state index in [-0.39, 0.29) is 31.1 Å². The lowest BCUT2D eigenvalue weighted by Crippen LogP contribution is -2.25. The zero-order chi connectivity index (χ0) is 16.4. The number of hydrogen-bond acceptors (Lipinski definition) is 4. The first kappa shape index (κ1) is 17.9. The summed E-state index contributed by atoms with van der Waals surface area (Å²) in [5.41, 5.74) is -1.12. The van der Waals surface area contributed by atoms with Crippen molar-refractivity contribution in [2.24, 2.45) is 0 Å². The molecule has 1 N–H and O–H groups in total. The minimum atomic E-state index is -0.591. The topological polar surface area (TPSA) is 72.9 Å². The quantitative estimate of drug-likeness (QED) is 0.766. The Balaban J connectivity index is 0.00000208. The van der Waals surface area contributed by atoms with E-state index < -0.39 is 16.7 Å². The highest BCUT2D eigenvalue weighted by atomic mass is 35.5. The maximum Gasteiger partial charge on any atom is 0.278 e. The number of halogens is 2.